The molecule has 20 heavy (non-hydrogen) atoms. The summed E-state index contributed by atoms with van der Waals surface area (Å²) in [5.74, 6) is 1.23. The highest BCUT2D eigenvalue weighted by Gasteiger charge is 2.19. The highest BCUT2D eigenvalue weighted by Crippen LogP contribution is 2.26. The minimum absolute atomic E-state index is 0.376. The minimum atomic E-state index is 0.376. The molecule has 104 valence electrons. The maximum atomic E-state index is 6.09. The average Bonchev–Trinajstić information content (AvgIpc) is 2.92. The van der Waals surface area contributed by atoms with E-state index in [0.717, 1.165) is 28.4 Å². The number of benzene rings is 1. The van der Waals surface area contributed by atoms with Crippen LogP contribution in [0.3, 0.4) is 0 Å². The van der Waals surface area contributed by atoms with Gasteiger partial charge in [0.05, 0.1) is 17.3 Å². The molecule has 3 aromatic rings. The second-order valence-electron chi connectivity index (χ2n) is 5.17. The van der Waals surface area contributed by atoms with Gasteiger partial charge in [-0.3, -0.25) is 4.57 Å². The molecule has 4 nitrogen and oxygen atoms in total. The lowest BCUT2D eigenvalue weighted by Crippen LogP contribution is -2.06. The van der Waals surface area contributed by atoms with E-state index in [2.05, 4.69) is 46.7 Å². The summed E-state index contributed by atoms with van der Waals surface area (Å²) in [7, 11) is 1.94. The molecule has 2 heterocycles. The Bertz CT molecular complexity index is 798. The Morgan fingerprint density at radius 3 is 2.65 bits per heavy atom. The Balaban J connectivity index is 2.42. The molecule has 0 N–H and O–H groups in total. The van der Waals surface area contributed by atoms with E-state index in [9.17, 15) is 0 Å². The molecule has 0 bridgehead atoms. The number of hydrogen-bond acceptors (Lipinski definition) is 2. The minimum Gasteiger partial charge on any atom is -0.280 e. The number of alkyl halides is 1. The number of nitrogens with zero attached hydrogens (tertiary/aromatic N) is 4. The third-order valence-corrected chi connectivity index (χ3v) is 3.84. The average molecular weight is 289 g/mol. The highest BCUT2D eigenvalue weighted by molar-refractivity contribution is 6.17. The largest absolute Gasteiger partial charge is 0.280 e. The first-order chi connectivity index (χ1) is 9.52. The summed E-state index contributed by atoms with van der Waals surface area (Å²) < 4.78 is 3.99. The summed E-state index contributed by atoms with van der Waals surface area (Å²) in [4.78, 5) is 4.65. The number of rotatable bonds is 2. The van der Waals surface area contributed by atoms with Crippen LogP contribution >= 0.6 is 11.6 Å². The van der Waals surface area contributed by atoms with Gasteiger partial charge in [-0.1, -0.05) is 12.1 Å². The van der Waals surface area contributed by atoms with Gasteiger partial charge in [0.25, 0.3) is 0 Å². The lowest BCUT2D eigenvalue weighted by Gasteiger charge is -2.12. The van der Waals surface area contributed by atoms with Gasteiger partial charge in [0, 0.05) is 7.05 Å². The van der Waals surface area contributed by atoms with Gasteiger partial charge in [0.15, 0.2) is 5.65 Å². The van der Waals surface area contributed by atoms with Gasteiger partial charge in [-0.25, -0.2) is 9.67 Å². The molecule has 0 unspecified atom stereocenters. The van der Waals surface area contributed by atoms with Crippen molar-refractivity contribution < 1.29 is 0 Å². The molecule has 0 saturated carbocycles. The third kappa shape index (κ3) is 1.83. The predicted molar refractivity (Wildman–Crippen MR) is 81.6 cm³/mol. The van der Waals surface area contributed by atoms with Gasteiger partial charge in [-0.05, 0) is 38.0 Å². The Labute approximate surface area is 123 Å². The summed E-state index contributed by atoms with van der Waals surface area (Å²) in [6.07, 6.45) is 0. The van der Waals surface area contributed by atoms with Crippen LogP contribution in [0.2, 0.25) is 0 Å². The molecular formula is C15H17ClN4. The van der Waals surface area contributed by atoms with Crippen LogP contribution in [0.5, 0.6) is 0 Å². The van der Waals surface area contributed by atoms with Crippen molar-refractivity contribution in [1.29, 1.82) is 0 Å². The van der Waals surface area contributed by atoms with Crippen molar-refractivity contribution >= 4 is 22.8 Å². The van der Waals surface area contributed by atoms with E-state index in [0.29, 0.717) is 5.88 Å². The van der Waals surface area contributed by atoms with Crippen molar-refractivity contribution in [3.63, 3.8) is 0 Å². The number of fused-ring (bicyclic) bond motifs is 1. The topological polar surface area (TPSA) is 35.6 Å². The molecule has 0 radical (unpaired) electrons. The summed E-state index contributed by atoms with van der Waals surface area (Å²) >= 11 is 6.09. The predicted octanol–water partition coefficient (Wildman–Crippen LogP) is 3.42. The second-order valence-corrected chi connectivity index (χ2v) is 5.44. The van der Waals surface area contributed by atoms with E-state index in [1.807, 2.05) is 18.7 Å². The van der Waals surface area contributed by atoms with E-state index in [1.54, 1.807) is 0 Å². The van der Waals surface area contributed by atoms with Gasteiger partial charge in [0.1, 0.15) is 11.3 Å². The van der Waals surface area contributed by atoms with Crippen LogP contribution in [0.4, 0.5) is 0 Å². The molecule has 0 aliphatic heterocycles. The van der Waals surface area contributed by atoms with Gasteiger partial charge in [-0.2, -0.15) is 5.10 Å². The van der Waals surface area contributed by atoms with Crippen LogP contribution in [0, 0.1) is 20.8 Å². The van der Waals surface area contributed by atoms with Crippen molar-refractivity contribution in [2.45, 2.75) is 26.7 Å². The highest BCUT2D eigenvalue weighted by atomic mass is 35.5. The first-order valence-electron chi connectivity index (χ1n) is 6.57. The van der Waals surface area contributed by atoms with E-state index in [-0.39, 0.29) is 0 Å². The standard InChI is InChI=1S/C15H17ClN4/c1-9-5-6-10(2)12(7-9)20-13(8-16)17-14-11(3)18-19(4)15(14)20/h5-7H,8H2,1-4H3. The molecule has 0 aliphatic carbocycles. The first-order valence-corrected chi connectivity index (χ1v) is 7.11. The Morgan fingerprint density at radius 2 is 1.95 bits per heavy atom. The molecule has 0 aliphatic rings. The van der Waals surface area contributed by atoms with Crippen LogP contribution in [-0.2, 0) is 12.9 Å². The monoisotopic (exact) mass is 288 g/mol. The van der Waals surface area contributed by atoms with Gasteiger partial charge in [0.2, 0.25) is 0 Å². The smallest absolute Gasteiger partial charge is 0.163 e. The molecular weight excluding hydrogens is 272 g/mol. The summed E-state index contributed by atoms with van der Waals surface area (Å²) in [6, 6.07) is 6.40. The molecule has 0 spiro atoms. The fourth-order valence-corrected chi connectivity index (χ4v) is 2.80. The lowest BCUT2D eigenvalue weighted by molar-refractivity contribution is 0.754. The molecule has 0 atom stereocenters. The lowest BCUT2D eigenvalue weighted by atomic mass is 10.1. The van der Waals surface area contributed by atoms with Crippen LogP contribution in [0.25, 0.3) is 16.9 Å². The number of hydrogen-bond donors (Lipinski definition) is 0. The Kier molecular flexibility index (Phi) is 3.05. The fourth-order valence-electron chi connectivity index (χ4n) is 2.62. The van der Waals surface area contributed by atoms with Crippen LogP contribution in [0.1, 0.15) is 22.6 Å². The maximum Gasteiger partial charge on any atom is 0.163 e. The van der Waals surface area contributed by atoms with E-state index in [1.165, 1.54) is 11.1 Å². The molecule has 2 aromatic heterocycles. The number of imidazole rings is 1. The second kappa shape index (κ2) is 4.63. The quantitative estimate of drug-likeness (QED) is 0.677. The van der Waals surface area contributed by atoms with Crippen molar-refractivity contribution in [2.75, 3.05) is 0 Å². The number of aryl methyl sites for hydroxylation is 4. The Morgan fingerprint density at radius 1 is 1.20 bits per heavy atom. The number of aromatic nitrogens is 4. The van der Waals surface area contributed by atoms with Crippen LogP contribution in [-0.4, -0.2) is 19.3 Å². The van der Waals surface area contributed by atoms with Gasteiger partial charge >= 0.3 is 0 Å². The van der Waals surface area contributed by atoms with E-state index in [4.69, 9.17) is 11.6 Å². The summed E-state index contributed by atoms with van der Waals surface area (Å²) in [5, 5.41) is 4.45. The molecule has 0 saturated heterocycles. The zero-order valence-corrected chi connectivity index (χ0v) is 12.9. The van der Waals surface area contributed by atoms with Crippen molar-refractivity contribution in [3.8, 4) is 5.69 Å². The Hall–Kier alpha value is -1.81. The summed E-state index contributed by atoms with van der Waals surface area (Å²) in [6.45, 7) is 6.16. The molecule has 3 rings (SSSR count). The normalized spacial score (nSPS) is 11.4. The molecule has 0 amide bonds. The molecule has 5 heteroatoms. The van der Waals surface area contributed by atoms with Crippen LogP contribution < -0.4 is 0 Å². The number of halogens is 1. The van der Waals surface area contributed by atoms with Crippen molar-refractivity contribution in [1.82, 2.24) is 19.3 Å². The summed E-state index contributed by atoms with van der Waals surface area (Å²) in [5.41, 5.74) is 6.37. The van der Waals surface area contributed by atoms with Crippen LogP contribution in [0.15, 0.2) is 18.2 Å². The third-order valence-electron chi connectivity index (χ3n) is 3.60. The molecule has 0 fully saturated rings. The van der Waals surface area contributed by atoms with Gasteiger partial charge in [-0.15, -0.1) is 11.6 Å². The maximum absolute atomic E-state index is 6.09. The SMILES string of the molecule is Cc1ccc(C)c(-n2c(CCl)nc3c(C)nn(C)c32)c1. The molecule has 1 aromatic carbocycles. The fraction of sp³-hybridized carbons (Fsp3) is 0.333. The van der Waals surface area contributed by atoms with E-state index >= 15 is 0 Å². The van der Waals surface area contributed by atoms with E-state index < -0.39 is 0 Å². The van der Waals surface area contributed by atoms with Gasteiger partial charge < -0.3 is 0 Å². The zero-order chi connectivity index (χ0) is 14.4. The zero-order valence-electron chi connectivity index (χ0n) is 12.1. The van der Waals surface area contributed by atoms with Crippen molar-refractivity contribution in [3.05, 3.63) is 40.8 Å². The van der Waals surface area contributed by atoms with Crippen molar-refractivity contribution in [2.24, 2.45) is 7.05 Å². The first kappa shape index (κ1) is 13.2.